The Hall–Kier alpha value is -0.120. The molecule has 3 nitrogen and oxygen atoms in total. The number of ether oxygens (including phenoxy) is 1. The summed E-state index contributed by atoms with van der Waals surface area (Å²) in [5, 5.41) is 0. The van der Waals surface area contributed by atoms with E-state index in [1.807, 2.05) is 0 Å². The second kappa shape index (κ2) is 8.97. The molecule has 0 rings (SSSR count). The smallest absolute Gasteiger partial charge is 0.0506 e. The van der Waals surface area contributed by atoms with Gasteiger partial charge in [-0.3, -0.25) is 0 Å². The zero-order valence-electron chi connectivity index (χ0n) is 8.09. The van der Waals surface area contributed by atoms with Crippen LogP contribution in [0.3, 0.4) is 0 Å². The Kier molecular flexibility index (Phi) is 8.88. The molecule has 0 heterocycles. The first kappa shape index (κ1) is 11.9. The topological polar surface area (TPSA) is 61.3 Å². The van der Waals surface area contributed by atoms with Crippen LogP contribution in [0, 0.1) is 5.92 Å². The van der Waals surface area contributed by atoms with Crippen LogP contribution >= 0.6 is 0 Å². The van der Waals surface area contributed by atoms with Crippen LogP contribution in [0.1, 0.15) is 26.2 Å². The summed E-state index contributed by atoms with van der Waals surface area (Å²) in [7, 11) is 0. The van der Waals surface area contributed by atoms with Crippen molar-refractivity contribution < 1.29 is 4.74 Å². The van der Waals surface area contributed by atoms with Gasteiger partial charge < -0.3 is 16.2 Å². The molecular formula is C9H22N2O. The third-order valence-electron chi connectivity index (χ3n) is 1.85. The summed E-state index contributed by atoms with van der Waals surface area (Å²) in [6.07, 6.45) is 3.22. The van der Waals surface area contributed by atoms with Crippen LogP contribution < -0.4 is 11.5 Å². The first-order valence-electron chi connectivity index (χ1n) is 4.83. The molecule has 0 aliphatic carbocycles. The Morgan fingerprint density at radius 3 is 2.58 bits per heavy atom. The molecule has 0 saturated heterocycles. The van der Waals surface area contributed by atoms with Gasteiger partial charge in [-0.1, -0.05) is 6.92 Å². The van der Waals surface area contributed by atoms with Gasteiger partial charge in [0.15, 0.2) is 0 Å². The van der Waals surface area contributed by atoms with Crippen molar-refractivity contribution in [3.8, 4) is 0 Å². The molecule has 1 atom stereocenters. The van der Waals surface area contributed by atoms with Crippen molar-refractivity contribution in [2.75, 3.05) is 26.3 Å². The van der Waals surface area contributed by atoms with Gasteiger partial charge in [-0.15, -0.1) is 0 Å². The van der Waals surface area contributed by atoms with Crippen LogP contribution in [0.2, 0.25) is 0 Å². The van der Waals surface area contributed by atoms with Gasteiger partial charge in [0, 0.05) is 6.61 Å². The van der Waals surface area contributed by atoms with Crippen molar-refractivity contribution in [2.24, 2.45) is 17.4 Å². The van der Waals surface area contributed by atoms with Crippen molar-refractivity contribution in [2.45, 2.75) is 26.2 Å². The fourth-order valence-electron chi connectivity index (χ4n) is 1.07. The lowest BCUT2D eigenvalue weighted by Gasteiger charge is -2.13. The first-order valence-corrected chi connectivity index (χ1v) is 4.83. The predicted molar refractivity (Wildman–Crippen MR) is 51.9 cm³/mol. The van der Waals surface area contributed by atoms with E-state index in [4.69, 9.17) is 16.2 Å². The number of rotatable bonds is 8. The maximum Gasteiger partial charge on any atom is 0.0506 e. The standard InChI is InChI=1S/C9H22N2O/c1-2-6-12-8-9(7-11)4-3-5-10/h9H,2-8,10-11H2,1H3. The van der Waals surface area contributed by atoms with Gasteiger partial charge >= 0.3 is 0 Å². The lowest BCUT2D eigenvalue weighted by Crippen LogP contribution is -2.21. The minimum atomic E-state index is 0.500. The molecule has 0 fully saturated rings. The van der Waals surface area contributed by atoms with E-state index in [-0.39, 0.29) is 0 Å². The van der Waals surface area contributed by atoms with E-state index in [1.165, 1.54) is 0 Å². The summed E-state index contributed by atoms with van der Waals surface area (Å²) in [4.78, 5) is 0. The zero-order valence-corrected chi connectivity index (χ0v) is 8.09. The van der Waals surface area contributed by atoms with E-state index in [2.05, 4.69) is 6.92 Å². The Morgan fingerprint density at radius 2 is 2.08 bits per heavy atom. The van der Waals surface area contributed by atoms with Crippen molar-refractivity contribution >= 4 is 0 Å². The fourth-order valence-corrected chi connectivity index (χ4v) is 1.07. The SMILES string of the molecule is CCCOCC(CN)CCCN. The highest BCUT2D eigenvalue weighted by atomic mass is 16.5. The predicted octanol–water partition coefficient (Wildman–Crippen LogP) is 0.727. The molecule has 0 aliphatic heterocycles. The molecule has 0 saturated carbocycles. The molecule has 4 N–H and O–H groups in total. The lowest BCUT2D eigenvalue weighted by molar-refractivity contribution is 0.0988. The summed E-state index contributed by atoms with van der Waals surface area (Å²) in [5.41, 5.74) is 11.0. The summed E-state index contributed by atoms with van der Waals surface area (Å²) < 4.78 is 5.41. The highest BCUT2D eigenvalue weighted by Gasteiger charge is 2.05. The lowest BCUT2D eigenvalue weighted by atomic mass is 10.1. The van der Waals surface area contributed by atoms with Gasteiger partial charge in [-0.2, -0.15) is 0 Å². The van der Waals surface area contributed by atoms with Crippen LogP contribution in [-0.2, 0) is 4.74 Å². The highest BCUT2D eigenvalue weighted by Crippen LogP contribution is 2.04. The van der Waals surface area contributed by atoms with Gasteiger partial charge in [0.1, 0.15) is 0 Å². The molecule has 0 bridgehead atoms. The van der Waals surface area contributed by atoms with Crippen LogP contribution in [0.25, 0.3) is 0 Å². The summed E-state index contributed by atoms with van der Waals surface area (Å²) in [6, 6.07) is 0. The molecule has 0 aromatic rings. The largest absolute Gasteiger partial charge is 0.381 e. The fraction of sp³-hybridized carbons (Fsp3) is 1.00. The van der Waals surface area contributed by atoms with E-state index in [0.717, 1.165) is 39.0 Å². The van der Waals surface area contributed by atoms with Gasteiger partial charge in [-0.25, -0.2) is 0 Å². The Morgan fingerprint density at radius 1 is 1.33 bits per heavy atom. The molecule has 74 valence electrons. The van der Waals surface area contributed by atoms with E-state index < -0.39 is 0 Å². The summed E-state index contributed by atoms with van der Waals surface area (Å²) in [6.45, 7) is 5.22. The molecule has 3 heteroatoms. The van der Waals surface area contributed by atoms with Crippen LogP contribution in [0.15, 0.2) is 0 Å². The van der Waals surface area contributed by atoms with Crippen LogP contribution in [0.5, 0.6) is 0 Å². The average molecular weight is 174 g/mol. The first-order chi connectivity index (χ1) is 5.85. The summed E-state index contributed by atoms with van der Waals surface area (Å²) >= 11 is 0. The maximum atomic E-state index is 5.57. The van der Waals surface area contributed by atoms with E-state index in [1.54, 1.807) is 0 Å². The van der Waals surface area contributed by atoms with Crippen LogP contribution in [0.4, 0.5) is 0 Å². The second-order valence-electron chi connectivity index (χ2n) is 3.11. The Bertz CT molecular complexity index is 88.6. The number of hydrogen-bond acceptors (Lipinski definition) is 3. The van der Waals surface area contributed by atoms with Crippen LogP contribution in [-0.4, -0.2) is 26.3 Å². The Balaban J connectivity index is 3.26. The van der Waals surface area contributed by atoms with Crippen molar-refractivity contribution in [3.63, 3.8) is 0 Å². The Labute approximate surface area is 75.5 Å². The van der Waals surface area contributed by atoms with Gasteiger partial charge in [-0.05, 0) is 38.3 Å². The monoisotopic (exact) mass is 174 g/mol. The van der Waals surface area contributed by atoms with Crippen molar-refractivity contribution in [3.05, 3.63) is 0 Å². The molecule has 0 aromatic carbocycles. The van der Waals surface area contributed by atoms with Crippen molar-refractivity contribution in [1.82, 2.24) is 0 Å². The zero-order chi connectivity index (χ0) is 9.23. The number of nitrogens with two attached hydrogens (primary N) is 2. The molecule has 0 aliphatic rings. The van der Waals surface area contributed by atoms with Gasteiger partial charge in [0.25, 0.3) is 0 Å². The second-order valence-corrected chi connectivity index (χ2v) is 3.11. The molecule has 12 heavy (non-hydrogen) atoms. The molecule has 0 aromatic heterocycles. The third-order valence-corrected chi connectivity index (χ3v) is 1.85. The average Bonchev–Trinajstić information content (AvgIpc) is 2.11. The molecule has 0 radical (unpaired) electrons. The molecular weight excluding hydrogens is 152 g/mol. The van der Waals surface area contributed by atoms with Gasteiger partial charge in [0.05, 0.1) is 6.61 Å². The molecule has 0 amide bonds. The normalized spacial score (nSPS) is 13.2. The third kappa shape index (κ3) is 6.58. The number of hydrogen-bond donors (Lipinski definition) is 2. The highest BCUT2D eigenvalue weighted by molar-refractivity contribution is 4.59. The molecule has 1 unspecified atom stereocenters. The maximum absolute atomic E-state index is 5.57. The van der Waals surface area contributed by atoms with Gasteiger partial charge in [0.2, 0.25) is 0 Å². The van der Waals surface area contributed by atoms with Crippen molar-refractivity contribution in [1.29, 1.82) is 0 Å². The minimum Gasteiger partial charge on any atom is -0.381 e. The molecule has 0 spiro atoms. The minimum absolute atomic E-state index is 0.500. The quantitative estimate of drug-likeness (QED) is 0.533. The van der Waals surface area contributed by atoms with E-state index in [0.29, 0.717) is 12.5 Å². The van der Waals surface area contributed by atoms with E-state index >= 15 is 0 Å². The summed E-state index contributed by atoms with van der Waals surface area (Å²) in [5.74, 6) is 0.500. The van der Waals surface area contributed by atoms with E-state index in [9.17, 15) is 0 Å².